The molecule has 110 valence electrons. The molecule has 1 aromatic heterocycles. The number of ether oxygens (including phenoxy) is 1. The molecule has 0 saturated heterocycles. The Morgan fingerprint density at radius 1 is 1.24 bits per heavy atom. The number of halogens is 1. The van der Waals surface area contributed by atoms with Gasteiger partial charge in [0.15, 0.2) is 5.82 Å². The molecule has 0 aliphatic heterocycles. The molecule has 0 unspecified atom stereocenters. The van der Waals surface area contributed by atoms with E-state index in [0.717, 1.165) is 5.69 Å². The molecule has 1 aromatic carbocycles. The number of hydrogen-bond donors (Lipinski definition) is 0. The van der Waals surface area contributed by atoms with E-state index < -0.39 is 0 Å². The fraction of sp³-hybridized carbons (Fsp3) is 0.412. The van der Waals surface area contributed by atoms with Gasteiger partial charge >= 0.3 is 0 Å². The SMILES string of the molecule is CCOCc1nc(Cl)cc(-c2ccccc2C2CCC2)n1. The average molecular weight is 303 g/mol. The normalized spacial score (nSPS) is 15.0. The minimum Gasteiger partial charge on any atom is -0.374 e. The maximum absolute atomic E-state index is 6.15. The molecule has 0 atom stereocenters. The van der Waals surface area contributed by atoms with Crippen LogP contribution in [0.1, 0.15) is 43.5 Å². The Balaban J connectivity index is 1.97. The second-order valence-corrected chi connectivity index (χ2v) is 5.73. The smallest absolute Gasteiger partial charge is 0.156 e. The minimum absolute atomic E-state index is 0.398. The van der Waals surface area contributed by atoms with Gasteiger partial charge in [0, 0.05) is 18.2 Å². The van der Waals surface area contributed by atoms with Gasteiger partial charge in [-0.05, 0) is 31.2 Å². The van der Waals surface area contributed by atoms with Gasteiger partial charge in [-0.3, -0.25) is 0 Å². The Morgan fingerprint density at radius 3 is 2.76 bits per heavy atom. The molecular weight excluding hydrogens is 284 g/mol. The summed E-state index contributed by atoms with van der Waals surface area (Å²) in [6, 6.07) is 10.3. The van der Waals surface area contributed by atoms with Gasteiger partial charge in [-0.2, -0.15) is 0 Å². The summed E-state index contributed by atoms with van der Waals surface area (Å²) in [5.74, 6) is 1.30. The summed E-state index contributed by atoms with van der Waals surface area (Å²) in [4.78, 5) is 8.86. The lowest BCUT2D eigenvalue weighted by Crippen LogP contribution is -2.10. The van der Waals surface area contributed by atoms with E-state index >= 15 is 0 Å². The van der Waals surface area contributed by atoms with Crippen LogP contribution in [0, 0.1) is 0 Å². The van der Waals surface area contributed by atoms with Gasteiger partial charge in [-0.1, -0.05) is 42.3 Å². The van der Waals surface area contributed by atoms with Crippen molar-refractivity contribution in [1.29, 1.82) is 0 Å². The first-order chi connectivity index (χ1) is 10.3. The Morgan fingerprint density at radius 2 is 2.05 bits per heavy atom. The maximum atomic E-state index is 6.15. The Bertz CT molecular complexity index is 626. The molecule has 0 radical (unpaired) electrons. The molecule has 0 N–H and O–H groups in total. The summed E-state index contributed by atoms with van der Waals surface area (Å²) in [5, 5.41) is 0.470. The van der Waals surface area contributed by atoms with Crippen molar-refractivity contribution < 1.29 is 4.74 Å². The third kappa shape index (κ3) is 3.25. The van der Waals surface area contributed by atoms with Crippen LogP contribution >= 0.6 is 11.6 Å². The van der Waals surface area contributed by atoms with Crippen LogP contribution in [-0.4, -0.2) is 16.6 Å². The van der Waals surface area contributed by atoms with Crippen molar-refractivity contribution in [2.45, 2.75) is 38.7 Å². The second kappa shape index (κ2) is 6.54. The quantitative estimate of drug-likeness (QED) is 0.757. The minimum atomic E-state index is 0.398. The Kier molecular flexibility index (Phi) is 4.51. The van der Waals surface area contributed by atoms with Gasteiger partial charge in [-0.15, -0.1) is 0 Å². The van der Waals surface area contributed by atoms with Crippen molar-refractivity contribution in [2.75, 3.05) is 6.61 Å². The highest BCUT2D eigenvalue weighted by Gasteiger charge is 2.23. The van der Waals surface area contributed by atoms with Gasteiger partial charge in [0.05, 0.1) is 5.69 Å². The van der Waals surface area contributed by atoms with Crippen LogP contribution in [0.25, 0.3) is 11.3 Å². The maximum Gasteiger partial charge on any atom is 0.156 e. The zero-order valence-corrected chi connectivity index (χ0v) is 12.9. The van der Waals surface area contributed by atoms with E-state index in [1.54, 1.807) is 0 Å². The van der Waals surface area contributed by atoms with Crippen LogP contribution in [0.2, 0.25) is 5.15 Å². The molecule has 21 heavy (non-hydrogen) atoms. The molecule has 0 amide bonds. The van der Waals surface area contributed by atoms with E-state index in [-0.39, 0.29) is 0 Å². The lowest BCUT2D eigenvalue weighted by Gasteiger charge is -2.27. The Labute approximate surface area is 130 Å². The van der Waals surface area contributed by atoms with Gasteiger partial charge in [0.1, 0.15) is 11.8 Å². The molecule has 1 fully saturated rings. The third-order valence-electron chi connectivity index (χ3n) is 3.96. The molecule has 1 aliphatic carbocycles. The molecule has 2 aromatic rings. The van der Waals surface area contributed by atoms with Crippen molar-refractivity contribution in [3.8, 4) is 11.3 Å². The summed E-state index contributed by atoms with van der Waals surface area (Å²) in [5.41, 5.74) is 3.44. The van der Waals surface area contributed by atoms with E-state index in [1.165, 1.54) is 30.4 Å². The topological polar surface area (TPSA) is 35.0 Å². The largest absolute Gasteiger partial charge is 0.374 e. The fourth-order valence-corrected chi connectivity index (χ4v) is 2.87. The monoisotopic (exact) mass is 302 g/mol. The number of hydrogen-bond acceptors (Lipinski definition) is 3. The van der Waals surface area contributed by atoms with Crippen molar-refractivity contribution >= 4 is 11.6 Å². The molecule has 4 heteroatoms. The number of benzene rings is 1. The number of aromatic nitrogens is 2. The highest BCUT2D eigenvalue weighted by atomic mass is 35.5. The highest BCUT2D eigenvalue weighted by Crippen LogP contribution is 2.40. The van der Waals surface area contributed by atoms with E-state index in [2.05, 4.69) is 34.2 Å². The van der Waals surface area contributed by atoms with E-state index in [4.69, 9.17) is 16.3 Å². The highest BCUT2D eigenvalue weighted by molar-refractivity contribution is 6.29. The zero-order valence-electron chi connectivity index (χ0n) is 12.2. The first kappa shape index (κ1) is 14.5. The van der Waals surface area contributed by atoms with E-state index in [9.17, 15) is 0 Å². The van der Waals surface area contributed by atoms with Crippen molar-refractivity contribution in [1.82, 2.24) is 9.97 Å². The molecule has 1 saturated carbocycles. The number of rotatable bonds is 5. The molecule has 0 spiro atoms. The van der Waals surface area contributed by atoms with Crippen LogP contribution in [0.3, 0.4) is 0 Å². The van der Waals surface area contributed by atoms with Crippen molar-refractivity contribution in [2.24, 2.45) is 0 Å². The molecule has 0 bridgehead atoms. The summed E-state index contributed by atoms with van der Waals surface area (Å²) >= 11 is 6.15. The van der Waals surface area contributed by atoms with Gasteiger partial charge < -0.3 is 4.74 Å². The molecule has 3 rings (SSSR count). The summed E-state index contributed by atoms with van der Waals surface area (Å²) in [7, 11) is 0. The van der Waals surface area contributed by atoms with Crippen LogP contribution in [-0.2, 0) is 11.3 Å². The first-order valence-electron chi connectivity index (χ1n) is 7.48. The van der Waals surface area contributed by atoms with Crippen molar-refractivity contribution in [3.63, 3.8) is 0 Å². The molecule has 1 aliphatic rings. The lowest BCUT2D eigenvalue weighted by molar-refractivity contribution is 0.128. The molecule has 3 nitrogen and oxygen atoms in total. The summed E-state index contributed by atoms with van der Waals surface area (Å²) in [6.45, 7) is 3.00. The average Bonchev–Trinajstić information content (AvgIpc) is 2.43. The zero-order chi connectivity index (χ0) is 14.7. The van der Waals surface area contributed by atoms with Gasteiger partial charge in [-0.25, -0.2) is 9.97 Å². The van der Waals surface area contributed by atoms with E-state index in [1.807, 2.05) is 13.0 Å². The van der Waals surface area contributed by atoms with Crippen LogP contribution < -0.4 is 0 Å². The first-order valence-corrected chi connectivity index (χ1v) is 7.86. The fourth-order valence-electron chi connectivity index (χ4n) is 2.67. The van der Waals surface area contributed by atoms with Crippen LogP contribution in [0.4, 0.5) is 0 Å². The second-order valence-electron chi connectivity index (χ2n) is 5.34. The summed E-state index contributed by atoms with van der Waals surface area (Å²) < 4.78 is 5.39. The van der Waals surface area contributed by atoms with Crippen LogP contribution in [0.5, 0.6) is 0 Å². The molecule has 1 heterocycles. The van der Waals surface area contributed by atoms with Crippen molar-refractivity contribution in [3.05, 3.63) is 46.9 Å². The third-order valence-corrected chi connectivity index (χ3v) is 4.15. The number of nitrogens with zero attached hydrogens (tertiary/aromatic N) is 2. The summed E-state index contributed by atoms with van der Waals surface area (Å²) in [6.07, 6.45) is 3.85. The standard InChI is InChI=1S/C17H19ClN2O/c1-2-21-11-17-19-15(10-16(18)20-17)14-9-4-3-8-13(14)12-6-5-7-12/h3-4,8-10,12H,2,5-7,11H2,1H3. The lowest BCUT2D eigenvalue weighted by atomic mass is 9.78. The van der Waals surface area contributed by atoms with Gasteiger partial charge in [0.25, 0.3) is 0 Å². The predicted octanol–water partition coefficient (Wildman–Crippen LogP) is 4.60. The Hall–Kier alpha value is -1.45. The van der Waals surface area contributed by atoms with Crippen LogP contribution in [0.15, 0.2) is 30.3 Å². The molecular formula is C17H19ClN2O. The predicted molar refractivity (Wildman–Crippen MR) is 84.4 cm³/mol. The van der Waals surface area contributed by atoms with Gasteiger partial charge in [0.2, 0.25) is 0 Å². The van der Waals surface area contributed by atoms with E-state index in [0.29, 0.717) is 30.1 Å².